The van der Waals surface area contributed by atoms with Crippen molar-refractivity contribution in [2.24, 2.45) is 0 Å². The molecule has 0 fully saturated rings. The predicted octanol–water partition coefficient (Wildman–Crippen LogP) is 1.85. The summed E-state index contributed by atoms with van der Waals surface area (Å²) in [7, 11) is 0. The molecular formula is C13H17F2NO2. The first kappa shape index (κ1) is 14.7. The number of halogens is 2. The third kappa shape index (κ3) is 3.85. The fourth-order valence-electron chi connectivity index (χ4n) is 1.77. The third-order valence-corrected chi connectivity index (χ3v) is 2.56. The summed E-state index contributed by atoms with van der Waals surface area (Å²) in [6.07, 6.45) is 0.799. The Balaban J connectivity index is 2.80. The smallest absolute Gasteiger partial charge is 0.182 e. The van der Waals surface area contributed by atoms with E-state index in [1.54, 1.807) is 4.90 Å². The standard InChI is InChI=1S/C13H17F2NO2/c1-2-6-16(7-8-17)9-12(18)13-10(14)4-3-5-11(13)15/h3-5,17H,2,6-9H2,1H3. The molecule has 0 aliphatic carbocycles. The van der Waals surface area contributed by atoms with Crippen molar-refractivity contribution in [3.63, 3.8) is 0 Å². The molecule has 0 aromatic heterocycles. The number of hydrogen-bond acceptors (Lipinski definition) is 3. The average Bonchev–Trinajstić information content (AvgIpc) is 2.29. The maximum atomic E-state index is 13.4. The van der Waals surface area contributed by atoms with E-state index in [1.807, 2.05) is 6.92 Å². The maximum Gasteiger partial charge on any atom is 0.182 e. The minimum absolute atomic E-state index is 0.0902. The maximum absolute atomic E-state index is 13.4. The highest BCUT2D eigenvalue weighted by atomic mass is 19.1. The SMILES string of the molecule is CCCN(CCO)CC(=O)c1c(F)cccc1F. The lowest BCUT2D eigenvalue weighted by atomic mass is 10.1. The summed E-state index contributed by atoms with van der Waals surface area (Å²) in [5.41, 5.74) is -0.503. The molecule has 0 amide bonds. The normalized spacial score (nSPS) is 10.9. The zero-order valence-electron chi connectivity index (χ0n) is 10.3. The summed E-state index contributed by atoms with van der Waals surface area (Å²) in [6.45, 7) is 2.66. The monoisotopic (exact) mass is 257 g/mol. The van der Waals surface area contributed by atoms with Gasteiger partial charge in [-0.05, 0) is 25.1 Å². The Morgan fingerprint density at radius 1 is 1.28 bits per heavy atom. The van der Waals surface area contributed by atoms with E-state index in [0.717, 1.165) is 18.6 Å². The van der Waals surface area contributed by atoms with Crippen molar-refractivity contribution in [3.8, 4) is 0 Å². The summed E-state index contributed by atoms with van der Waals surface area (Å²) < 4.78 is 26.8. The van der Waals surface area contributed by atoms with Gasteiger partial charge in [-0.25, -0.2) is 8.78 Å². The van der Waals surface area contributed by atoms with Gasteiger partial charge in [0.05, 0.1) is 18.7 Å². The van der Waals surface area contributed by atoms with Gasteiger partial charge in [-0.2, -0.15) is 0 Å². The molecule has 1 aromatic carbocycles. The number of rotatable bonds is 7. The number of carbonyl (C=O) groups is 1. The Kier molecular flexibility index (Phi) is 5.88. The molecule has 0 aliphatic heterocycles. The van der Waals surface area contributed by atoms with Crippen LogP contribution in [0.2, 0.25) is 0 Å². The summed E-state index contributed by atoms with van der Waals surface area (Å²) in [5.74, 6) is -2.30. The van der Waals surface area contributed by atoms with Gasteiger partial charge in [0.1, 0.15) is 11.6 Å². The van der Waals surface area contributed by atoms with E-state index in [4.69, 9.17) is 5.11 Å². The Morgan fingerprint density at radius 3 is 2.39 bits per heavy atom. The van der Waals surface area contributed by atoms with Crippen LogP contribution in [-0.2, 0) is 0 Å². The summed E-state index contributed by atoms with van der Waals surface area (Å²) in [6, 6.07) is 3.35. The van der Waals surface area contributed by atoms with E-state index in [0.29, 0.717) is 13.1 Å². The number of nitrogens with zero attached hydrogens (tertiary/aromatic N) is 1. The van der Waals surface area contributed by atoms with Crippen molar-refractivity contribution in [1.29, 1.82) is 0 Å². The van der Waals surface area contributed by atoms with Crippen LogP contribution in [0.25, 0.3) is 0 Å². The minimum atomic E-state index is -0.847. The van der Waals surface area contributed by atoms with Gasteiger partial charge in [0.25, 0.3) is 0 Å². The third-order valence-electron chi connectivity index (χ3n) is 2.56. The molecule has 0 radical (unpaired) electrons. The van der Waals surface area contributed by atoms with E-state index < -0.39 is 23.0 Å². The molecule has 1 aromatic rings. The van der Waals surface area contributed by atoms with Crippen LogP contribution in [0.3, 0.4) is 0 Å². The fourth-order valence-corrected chi connectivity index (χ4v) is 1.77. The first-order chi connectivity index (χ1) is 8.60. The second-order valence-electron chi connectivity index (χ2n) is 4.02. The van der Waals surface area contributed by atoms with E-state index in [9.17, 15) is 13.6 Å². The molecular weight excluding hydrogens is 240 g/mol. The molecule has 3 nitrogen and oxygen atoms in total. The van der Waals surface area contributed by atoms with Gasteiger partial charge in [-0.1, -0.05) is 13.0 Å². The summed E-state index contributed by atoms with van der Waals surface area (Å²) in [5, 5.41) is 8.85. The number of hydrogen-bond donors (Lipinski definition) is 1. The van der Waals surface area contributed by atoms with Crippen molar-refractivity contribution >= 4 is 5.78 Å². The van der Waals surface area contributed by atoms with Crippen LogP contribution in [0, 0.1) is 11.6 Å². The molecule has 0 saturated carbocycles. The Labute approximate surface area is 105 Å². The highest BCUT2D eigenvalue weighted by molar-refractivity contribution is 5.98. The Hall–Kier alpha value is -1.33. The number of aliphatic hydroxyl groups is 1. The zero-order valence-corrected chi connectivity index (χ0v) is 10.3. The second kappa shape index (κ2) is 7.18. The van der Waals surface area contributed by atoms with Crippen LogP contribution >= 0.6 is 0 Å². The van der Waals surface area contributed by atoms with Crippen molar-refractivity contribution in [2.75, 3.05) is 26.2 Å². The van der Waals surface area contributed by atoms with Gasteiger partial charge in [0, 0.05) is 6.54 Å². The molecule has 0 spiro atoms. The van der Waals surface area contributed by atoms with E-state index in [1.165, 1.54) is 6.07 Å². The van der Waals surface area contributed by atoms with Gasteiger partial charge >= 0.3 is 0 Å². The lowest BCUT2D eigenvalue weighted by molar-refractivity contribution is 0.0906. The highest BCUT2D eigenvalue weighted by Crippen LogP contribution is 2.13. The molecule has 1 N–H and O–H groups in total. The zero-order chi connectivity index (χ0) is 13.5. The van der Waals surface area contributed by atoms with Crippen molar-refractivity contribution in [3.05, 3.63) is 35.4 Å². The number of carbonyl (C=O) groups excluding carboxylic acids is 1. The Morgan fingerprint density at radius 2 is 1.89 bits per heavy atom. The molecule has 0 atom stereocenters. The predicted molar refractivity (Wildman–Crippen MR) is 64.5 cm³/mol. The van der Waals surface area contributed by atoms with Gasteiger partial charge in [-0.15, -0.1) is 0 Å². The first-order valence-corrected chi connectivity index (χ1v) is 5.90. The molecule has 5 heteroatoms. The number of aliphatic hydroxyl groups excluding tert-OH is 1. The van der Waals surface area contributed by atoms with Crippen LogP contribution in [0.4, 0.5) is 8.78 Å². The average molecular weight is 257 g/mol. The largest absolute Gasteiger partial charge is 0.395 e. The molecule has 1 rings (SSSR count). The van der Waals surface area contributed by atoms with Gasteiger partial charge in [-0.3, -0.25) is 9.69 Å². The molecule has 0 saturated heterocycles. The van der Waals surface area contributed by atoms with E-state index in [-0.39, 0.29) is 13.2 Å². The van der Waals surface area contributed by atoms with E-state index >= 15 is 0 Å². The highest BCUT2D eigenvalue weighted by Gasteiger charge is 2.19. The molecule has 18 heavy (non-hydrogen) atoms. The molecule has 0 bridgehead atoms. The van der Waals surface area contributed by atoms with Gasteiger partial charge < -0.3 is 5.11 Å². The van der Waals surface area contributed by atoms with Gasteiger partial charge in [0.2, 0.25) is 0 Å². The lowest BCUT2D eigenvalue weighted by Gasteiger charge is -2.19. The van der Waals surface area contributed by atoms with Gasteiger partial charge in [0.15, 0.2) is 5.78 Å². The minimum Gasteiger partial charge on any atom is -0.395 e. The van der Waals surface area contributed by atoms with Crippen molar-refractivity contribution in [1.82, 2.24) is 4.90 Å². The second-order valence-corrected chi connectivity index (χ2v) is 4.02. The van der Waals surface area contributed by atoms with Crippen LogP contribution < -0.4 is 0 Å². The topological polar surface area (TPSA) is 40.5 Å². The molecule has 0 aliphatic rings. The molecule has 100 valence electrons. The van der Waals surface area contributed by atoms with Crippen LogP contribution in [0.1, 0.15) is 23.7 Å². The molecule has 0 unspecified atom stereocenters. The Bertz CT molecular complexity index is 384. The van der Waals surface area contributed by atoms with Crippen LogP contribution in [-0.4, -0.2) is 42.0 Å². The number of Topliss-reactive ketones (excluding diaryl/α,β-unsaturated/α-hetero) is 1. The van der Waals surface area contributed by atoms with Crippen LogP contribution in [0.15, 0.2) is 18.2 Å². The van der Waals surface area contributed by atoms with Crippen molar-refractivity contribution in [2.45, 2.75) is 13.3 Å². The number of benzene rings is 1. The number of ketones is 1. The quantitative estimate of drug-likeness (QED) is 0.758. The van der Waals surface area contributed by atoms with E-state index in [2.05, 4.69) is 0 Å². The first-order valence-electron chi connectivity index (χ1n) is 5.90. The fraction of sp³-hybridized carbons (Fsp3) is 0.462. The summed E-state index contributed by atoms with van der Waals surface area (Å²) in [4.78, 5) is 13.5. The lowest BCUT2D eigenvalue weighted by Crippen LogP contribution is -2.33. The van der Waals surface area contributed by atoms with Crippen LogP contribution in [0.5, 0.6) is 0 Å². The summed E-state index contributed by atoms with van der Waals surface area (Å²) >= 11 is 0. The molecule has 0 heterocycles. The van der Waals surface area contributed by atoms with Crippen molar-refractivity contribution < 1.29 is 18.7 Å².